The molecule has 3 heteroatoms. The van der Waals surface area contributed by atoms with Crippen molar-refractivity contribution in [2.75, 3.05) is 11.9 Å². The molecule has 1 atom stereocenters. The molecule has 0 aliphatic carbocycles. The Labute approximate surface area is 98.2 Å². The van der Waals surface area contributed by atoms with Crippen molar-refractivity contribution < 1.29 is 4.74 Å². The second kappa shape index (κ2) is 7.23. The fourth-order valence-electron chi connectivity index (χ4n) is 1.52. The highest BCUT2D eigenvalue weighted by molar-refractivity contribution is 5.34. The normalized spacial score (nSPS) is 12.4. The predicted molar refractivity (Wildman–Crippen MR) is 67.6 cm³/mol. The van der Waals surface area contributed by atoms with Crippen molar-refractivity contribution in [1.82, 2.24) is 4.98 Å². The fraction of sp³-hybridized carbons (Fsp3) is 0.615. The second-order valence-electron chi connectivity index (χ2n) is 3.99. The maximum Gasteiger partial charge on any atom is 0.125 e. The Morgan fingerprint density at radius 3 is 2.75 bits per heavy atom. The third-order valence-electron chi connectivity index (χ3n) is 2.41. The zero-order valence-corrected chi connectivity index (χ0v) is 10.5. The largest absolute Gasteiger partial charge is 0.374 e. The lowest BCUT2D eigenvalue weighted by Crippen LogP contribution is -2.07. The van der Waals surface area contributed by atoms with Crippen LogP contribution in [-0.2, 0) is 11.3 Å². The Morgan fingerprint density at radius 1 is 1.38 bits per heavy atom. The van der Waals surface area contributed by atoms with Crippen LogP contribution in [0.1, 0.15) is 39.2 Å². The zero-order valence-electron chi connectivity index (χ0n) is 10.5. The number of rotatable bonds is 7. The molecule has 1 rings (SSSR count). The number of hydrogen-bond donors (Lipinski definition) is 1. The molecule has 0 aliphatic rings. The van der Waals surface area contributed by atoms with Crippen molar-refractivity contribution in [1.29, 1.82) is 0 Å². The van der Waals surface area contributed by atoms with Gasteiger partial charge in [0.15, 0.2) is 0 Å². The molecule has 16 heavy (non-hydrogen) atoms. The van der Waals surface area contributed by atoms with Crippen molar-refractivity contribution in [3.8, 4) is 0 Å². The van der Waals surface area contributed by atoms with Gasteiger partial charge in [0.25, 0.3) is 0 Å². The Bertz CT molecular complexity index is 284. The minimum atomic E-state index is 0.332. The first-order chi connectivity index (χ1) is 7.76. The van der Waals surface area contributed by atoms with E-state index in [-0.39, 0.29) is 0 Å². The summed E-state index contributed by atoms with van der Waals surface area (Å²) in [4.78, 5) is 4.30. The Morgan fingerprint density at radius 2 is 2.19 bits per heavy atom. The summed E-state index contributed by atoms with van der Waals surface area (Å²) in [6.45, 7) is 7.90. The van der Waals surface area contributed by atoms with Crippen LogP contribution in [0.25, 0.3) is 0 Å². The van der Waals surface area contributed by atoms with Gasteiger partial charge in [0, 0.05) is 12.7 Å². The first-order valence-corrected chi connectivity index (χ1v) is 6.06. The zero-order chi connectivity index (χ0) is 11.8. The second-order valence-corrected chi connectivity index (χ2v) is 3.99. The van der Waals surface area contributed by atoms with Gasteiger partial charge in [-0.05, 0) is 31.9 Å². The van der Waals surface area contributed by atoms with Crippen LogP contribution in [0.5, 0.6) is 0 Å². The molecule has 0 aromatic carbocycles. The van der Waals surface area contributed by atoms with Crippen LogP contribution >= 0.6 is 0 Å². The highest BCUT2D eigenvalue weighted by Gasteiger charge is 2.01. The summed E-state index contributed by atoms with van der Waals surface area (Å²) in [6.07, 6.45) is 4.48. The molecular formula is C13H22N2O. The molecule has 0 aliphatic heterocycles. The smallest absolute Gasteiger partial charge is 0.125 e. The molecule has 1 heterocycles. The van der Waals surface area contributed by atoms with Crippen LogP contribution in [0, 0.1) is 0 Å². The van der Waals surface area contributed by atoms with Gasteiger partial charge in [-0.2, -0.15) is 0 Å². The lowest BCUT2D eigenvalue weighted by Gasteiger charge is -2.11. The van der Waals surface area contributed by atoms with Crippen LogP contribution in [0.15, 0.2) is 18.3 Å². The van der Waals surface area contributed by atoms with Crippen LogP contribution in [-0.4, -0.2) is 17.6 Å². The number of nitrogens with zero attached hydrogens (tertiary/aromatic N) is 1. The molecule has 0 bridgehead atoms. The van der Waals surface area contributed by atoms with E-state index in [0.717, 1.165) is 24.3 Å². The number of nitrogens with one attached hydrogen (secondary N) is 1. The molecule has 0 fully saturated rings. The van der Waals surface area contributed by atoms with Crippen LogP contribution in [0.2, 0.25) is 0 Å². The van der Waals surface area contributed by atoms with Gasteiger partial charge < -0.3 is 10.1 Å². The minimum absolute atomic E-state index is 0.332. The molecule has 3 nitrogen and oxygen atoms in total. The van der Waals surface area contributed by atoms with Crippen molar-refractivity contribution >= 4 is 5.82 Å². The van der Waals surface area contributed by atoms with E-state index in [1.807, 2.05) is 12.3 Å². The third-order valence-corrected chi connectivity index (χ3v) is 2.41. The van der Waals surface area contributed by atoms with Crippen LogP contribution < -0.4 is 5.32 Å². The quantitative estimate of drug-likeness (QED) is 0.769. The van der Waals surface area contributed by atoms with Gasteiger partial charge >= 0.3 is 0 Å². The molecule has 0 spiro atoms. The van der Waals surface area contributed by atoms with Crippen LogP contribution in [0.4, 0.5) is 5.82 Å². The van der Waals surface area contributed by atoms with E-state index in [4.69, 9.17) is 4.74 Å². The predicted octanol–water partition coefficient (Wildman–Crippen LogP) is 3.22. The van der Waals surface area contributed by atoms with E-state index in [9.17, 15) is 0 Å². The molecular weight excluding hydrogens is 200 g/mol. The van der Waals surface area contributed by atoms with Gasteiger partial charge in [0.1, 0.15) is 5.82 Å². The van der Waals surface area contributed by atoms with Gasteiger partial charge in [-0.15, -0.1) is 0 Å². The number of pyridine rings is 1. The molecule has 1 N–H and O–H groups in total. The highest BCUT2D eigenvalue weighted by atomic mass is 16.5. The van der Waals surface area contributed by atoms with Gasteiger partial charge in [-0.1, -0.05) is 19.4 Å². The van der Waals surface area contributed by atoms with Crippen molar-refractivity contribution in [3.05, 3.63) is 23.9 Å². The average Bonchev–Trinajstić information content (AvgIpc) is 2.29. The molecule has 1 aromatic rings. The Hall–Kier alpha value is -1.09. The van der Waals surface area contributed by atoms with E-state index < -0.39 is 0 Å². The summed E-state index contributed by atoms with van der Waals surface area (Å²) in [7, 11) is 0. The Balaban J connectivity index is 2.37. The summed E-state index contributed by atoms with van der Waals surface area (Å²) in [6, 6.07) is 4.05. The summed E-state index contributed by atoms with van der Waals surface area (Å²) in [5.41, 5.74) is 1.13. The molecule has 0 radical (unpaired) electrons. The SMILES string of the molecule is CCCC(C)OCc1ccc(NCC)nc1. The first kappa shape index (κ1) is 13.0. The van der Waals surface area contributed by atoms with Gasteiger partial charge in [-0.25, -0.2) is 4.98 Å². The third kappa shape index (κ3) is 4.62. The standard InChI is InChI=1S/C13H22N2O/c1-4-6-11(3)16-10-12-7-8-13(14-5-2)15-9-12/h7-9,11H,4-6,10H2,1-3H3,(H,14,15). The number of ether oxygens (including phenoxy) is 1. The van der Waals surface area contributed by atoms with Crippen molar-refractivity contribution in [3.63, 3.8) is 0 Å². The summed E-state index contributed by atoms with van der Waals surface area (Å²) < 4.78 is 5.71. The molecule has 0 saturated heterocycles. The van der Waals surface area contributed by atoms with Crippen molar-refractivity contribution in [2.24, 2.45) is 0 Å². The van der Waals surface area contributed by atoms with Crippen molar-refractivity contribution in [2.45, 2.75) is 46.3 Å². The molecule has 1 aromatic heterocycles. The maximum atomic E-state index is 5.71. The molecule has 1 unspecified atom stereocenters. The van der Waals surface area contributed by atoms with Gasteiger partial charge in [0.05, 0.1) is 12.7 Å². The van der Waals surface area contributed by atoms with E-state index in [1.165, 1.54) is 6.42 Å². The van der Waals surface area contributed by atoms with E-state index in [1.54, 1.807) is 0 Å². The molecule has 90 valence electrons. The minimum Gasteiger partial charge on any atom is -0.374 e. The van der Waals surface area contributed by atoms with Gasteiger partial charge in [-0.3, -0.25) is 0 Å². The lowest BCUT2D eigenvalue weighted by atomic mass is 10.2. The lowest BCUT2D eigenvalue weighted by molar-refractivity contribution is 0.0470. The number of aromatic nitrogens is 1. The fourth-order valence-corrected chi connectivity index (χ4v) is 1.52. The monoisotopic (exact) mass is 222 g/mol. The summed E-state index contributed by atoms with van der Waals surface area (Å²) in [5.74, 6) is 0.924. The highest BCUT2D eigenvalue weighted by Crippen LogP contribution is 2.09. The van der Waals surface area contributed by atoms with E-state index in [0.29, 0.717) is 12.7 Å². The van der Waals surface area contributed by atoms with Crippen LogP contribution in [0.3, 0.4) is 0 Å². The first-order valence-electron chi connectivity index (χ1n) is 6.06. The maximum absolute atomic E-state index is 5.71. The van der Waals surface area contributed by atoms with E-state index in [2.05, 4.69) is 37.1 Å². The molecule has 0 amide bonds. The van der Waals surface area contributed by atoms with E-state index >= 15 is 0 Å². The molecule has 0 saturated carbocycles. The Kier molecular flexibility index (Phi) is 5.86. The number of anilines is 1. The average molecular weight is 222 g/mol. The number of hydrogen-bond acceptors (Lipinski definition) is 3. The van der Waals surface area contributed by atoms with Gasteiger partial charge in [0.2, 0.25) is 0 Å². The summed E-state index contributed by atoms with van der Waals surface area (Å²) >= 11 is 0. The summed E-state index contributed by atoms with van der Waals surface area (Å²) in [5, 5.41) is 3.17. The topological polar surface area (TPSA) is 34.1 Å².